The molecule has 0 bridgehead atoms. The molecular weight excluding hydrogens is 606 g/mol. The number of carbonyl (C=O) groups excluding carboxylic acids is 2. The molecule has 3 aromatic rings. The number of aromatic nitrogens is 1. The molecule has 0 aliphatic heterocycles. The van der Waals surface area contributed by atoms with Crippen molar-refractivity contribution in [1.29, 1.82) is 0 Å². The van der Waals surface area contributed by atoms with Crippen LogP contribution < -0.4 is 20.1 Å². The van der Waals surface area contributed by atoms with E-state index in [2.05, 4.69) is 10.3 Å². The number of nitrogens with zero attached hydrogens (tertiary/aromatic N) is 2. The predicted octanol–water partition coefficient (Wildman–Crippen LogP) is 4.49. The second-order valence-electron chi connectivity index (χ2n) is 8.76. The number of benzene rings is 2. The molecule has 9 nitrogen and oxygen atoms in total. The Hall–Kier alpha value is -3.39. The van der Waals surface area contributed by atoms with Gasteiger partial charge >= 0.3 is 16.4 Å². The summed E-state index contributed by atoms with van der Waals surface area (Å²) in [5, 5.41) is 3.41. The molecule has 0 fully saturated rings. The van der Waals surface area contributed by atoms with E-state index in [1.165, 1.54) is 30.3 Å². The zero-order valence-electron chi connectivity index (χ0n) is 21.4. The maximum absolute atomic E-state index is 13.0. The second-order valence-corrected chi connectivity index (χ2v) is 11.1. The van der Waals surface area contributed by atoms with E-state index in [1.807, 2.05) is 10.8 Å². The Bertz CT molecular complexity index is 1470. The van der Waals surface area contributed by atoms with Gasteiger partial charge < -0.3 is 11.1 Å². The van der Waals surface area contributed by atoms with Gasteiger partial charge in [-0.1, -0.05) is 41.4 Å². The highest BCUT2D eigenvalue weighted by atomic mass is 35.5. The molecule has 1 heterocycles. The summed E-state index contributed by atoms with van der Waals surface area (Å²) in [5.74, 6) is -1.44. The van der Waals surface area contributed by atoms with Crippen LogP contribution in [0.15, 0.2) is 60.8 Å². The van der Waals surface area contributed by atoms with Crippen molar-refractivity contribution in [2.24, 2.45) is 5.73 Å². The number of anilines is 1. The monoisotopic (exact) mass is 631 g/mol. The SMILES string of the molecule is NCC(=O)NS(=O)(=O)N(CCCCc1cccc(Cl)c1Cl)c1ccc(C(=O)NCc2ccc(C(F)(F)F)nc2)cc1. The van der Waals surface area contributed by atoms with Crippen molar-refractivity contribution in [3.8, 4) is 0 Å². The number of amides is 2. The smallest absolute Gasteiger partial charge is 0.348 e. The molecule has 220 valence electrons. The minimum Gasteiger partial charge on any atom is -0.348 e. The minimum atomic E-state index is -4.57. The lowest BCUT2D eigenvalue weighted by Gasteiger charge is -2.24. The van der Waals surface area contributed by atoms with E-state index in [4.69, 9.17) is 28.9 Å². The van der Waals surface area contributed by atoms with Crippen molar-refractivity contribution in [3.05, 3.63) is 93.2 Å². The molecular formula is C26H26Cl2F3N5O4S. The topological polar surface area (TPSA) is 134 Å². The maximum Gasteiger partial charge on any atom is 0.433 e. The van der Waals surface area contributed by atoms with Gasteiger partial charge in [-0.2, -0.15) is 21.6 Å². The van der Waals surface area contributed by atoms with Gasteiger partial charge in [0.2, 0.25) is 5.91 Å². The molecule has 1 aromatic heterocycles. The summed E-state index contributed by atoms with van der Waals surface area (Å²) in [4.78, 5) is 27.7. The van der Waals surface area contributed by atoms with Crippen molar-refractivity contribution in [3.63, 3.8) is 0 Å². The zero-order chi connectivity index (χ0) is 30.2. The normalized spacial score (nSPS) is 11.7. The molecule has 0 aliphatic carbocycles. The van der Waals surface area contributed by atoms with E-state index in [9.17, 15) is 31.2 Å². The lowest BCUT2D eigenvalue weighted by molar-refractivity contribution is -0.141. The van der Waals surface area contributed by atoms with Crippen LogP contribution in [0.1, 0.15) is 40.0 Å². The van der Waals surface area contributed by atoms with Gasteiger partial charge in [0.25, 0.3) is 5.91 Å². The number of nitrogens with two attached hydrogens (primary N) is 1. The first-order valence-electron chi connectivity index (χ1n) is 12.2. The molecule has 0 saturated carbocycles. The maximum atomic E-state index is 13.0. The van der Waals surface area contributed by atoms with E-state index in [0.717, 1.165) is 22.1 Å². The van der Waals surface area contributed by atoms with Gasteiger partial charge in [-0.05, 0) is 66.8 Å². The summed E-state index contributed by atoms with van der Waals surface area (Å²) < 4.78 is 66.9. The van der Waals surface area contributed by atoms with Crippen LogP contribution in [-0.2, 0) is 34.1 Å². The molecule has 0 spiro atoms. The molecule has 3 rings (SSSR count). The molecule has 0 unspecified atom stereocenters. The van der Waals surface area contributed by atoms with Crippen molar-refractivity contribution in [2.45, 2.75) is 32.0 Å². The van der Waals surface area contributed by atoms with Crippen LogP contribution in [0.3, 0.4) is 0 Å². The average molecular weight is 632 g/mol. The molecule has 0 aliphatic rings. The van der Waals surface area contributed by atoms with Gasteiger partial charge in [0.15, 0.2) is 0 Å². The lowest BCUT2D eigenvalue weighted by Crippen LogP contribution is -2.46. The Kier molecular flexibility index (Phi) is 11.0. The van der Waals surface area contributed by atoms with Crippen molar-refractivity contribution < 1.29 is 31.2 Å². The molecule has 0 atom stereocenters. The number of pyridine rings is 1. The van der Waals surface area contributed by atoms with Crippen molar-refractivity contribution in [2.75, 3.05) is 17.4 Å². The number of hydrogen-bond acceptors (Lipinski definition) is 6. The van der Waals surface area contributed by atoms with Crippen LogP contribution in [0.2, 0.25) is 10.0 Å². The van der Waals surface area contributed by atoms with E-state index < -0.39 is 40.4 Å². The third-order valence-corrected chi connectivity index (χ3v) is 8.11. The largest absolute Gasteiger partial charge is 0.433 e. The van der Waals surface area contributed by atoms with Crippen molar-refractivity contribution in [1.82, 2.24) is 15.0 Å². The highest BCUT2D eigenvalue weighted by Gasteiger charge is 2.32. The molecule has 0 radical (unpaired) electrons. The highest BCUT2D eigenvalue weighted by molar-refractivity contribution is 7.91. The molecule has 15 heteroatoms. The highest BCUT2D eigenvalue weighted by Crippen LogP contribution is 2.28. The van der Waals surface area contributed by atoms with Crippen LogP contribution in [0, 0.1) is 0 Å². The van der Waals surface area contributed by atoms with E-state index in [1.54, 1.807) is 12.1 Å². The summed E-state index contributed by atoms with van der Waals surface area (Å²) in [6, 6.07) is 12.8. The Balaban J connectivity index is 1.68. The number of aryl methyl sites for hydroxylation is 1. The van der Waals surface area contributed by atoms with Gasteiger partial charge in [-0.3, -0.25) is 18.9 Å². The number of carbonyl (C=O) groups is 2. The summed E-state index contributed by atoms with van der Waals surface area (Å²) >= 11 is 12.3. The third-order valence-electron chi connectivity index (χ3n) is 5.79. The second kappa shape index (κ2) is 14.0. The van der Waals surface area contributed by atoms with Gasteiger partial charge in [-0.15, -0.1) is 0 Å². The first-order valence-corrected chi connectivity index (χ1v) is 14.4. The van der Waals surface area contributed by atoms with Gasteiger partial charge in [-0.25, -0.2) is 4.72 Å². The van der Waals surface area contributed by atoms with Gasteiger partial charge in [0.05, 0.1) is 22.3 Å². The molecule has 2 aromatic carbocycles. The fourth-order valence-electron chi connectivity index (χ4n) is 3.70. The number of rotatable bonds is 12. The Morgan fingerprint density at radius 1 is 1.00 bits per heavy atom. The fourth-order valence-corrected chi connectivity index (χ4v) is 5.37. The lowest BCUT2D eigenvalue weighted by atomic mass is 10.1. The summed E-state index contributed by atoms with van der Waals surface area (Å²) in [6.07, 6.45) is -2.07. The Labute approximate surface area is 245 Å². The molecule has 0 saturated heterocycles. The van der Waals surface area contributed by atoms with Gasteiger partial charge in [0, 0.05) is 24.8 Å². The first-order chi connectivity index (χ1) is 19.3. The van der Waals surface area contributed by atoms with E-state index in [-0.39, 0.29) is 24.3 Å². The Morgan fingerprint density at radius 3 is 2.32 bits per heavy atom. The number of nitrogens with one attached hydrogen (secondary N) is 2. The third kappa shape index (κ3) is 9.05. The van der Waals surface area contributed by atoms with Crippen LogP contribution in [-0.4, -0.2) is 38.3 Å². The van der Waals surface area contributed by atoms with E-state index in [0.29, 0.717) is 34.9 Å². The first kappa shape index (κ1) is 32.1. The summed E-state index contributed by atoms with van der Waals surface area (Å²) in [6.45, 7) is -0.611. The quantitative estimate of drug-likeness (QED) is 0.252. The summed E-state index contributed by atoms with van der Waals surface area (Å²) in [5.41, 5.74) is 5.75. The fraction of sp³-hybridized carbons (Fsp3) is 0.269. The number of unbranched alkanes of at least 4 members (excludes halogenated alkanes) is 1. The summed E-state index contributed by atoms with van der Waals surface area (Å²) in [7, 11) is -4.32. The standard InChI is InChI=1S/C26H26Cl2F3N5O4S/c27-21-6-3-5-18(24(21)28)4-1-2-13-36(41(39,40)35-23(37)14-32)20-10-8-19(9-11-20)25(38)34-16-17-7-12-22(33-15-17)26(29,30)31/h3,5-12,15H,1-2,4,13-14,16,32H2,(H,34,38)(H,35,37). The van der Waals surface area contributed by atoms with Gasteiger partial charge in [0.1, 0.15) is 5.69 Å². The number of alkyl halides is 3. The molecule has 41 heavy (non-hydrogen) atoms. The number of halogens is 5. The van der Waals surface area contributed by atoms with Crippen LogP contribution in [0.4, 0.5) is 18.9 Å². The van der Waals surface area contributed by atoms with Crippen molar-refractivity contribution >= 4 is 50.9 Å². The number of hydrogen-bond donors (Lipinski definition) is 3. The Morgan fingerprint density at radius 2 is 1.71 bits per heavy atom. The zero-order valence-corrected chi connectivity index (χ0v) is 23.7. The predicted molar refractivity (Wildman–Crippen MR) is 150 cm³/mol. The van der Waals surface area contributed by atoms with E-state index >= 15 is 0 Å². The minimum absolute atomic E-state index is 0.00215. The molecule has 4 N–H and O–H groups in total. The van der Waals surface area contributed by atoms with Crippen LogP contribution in [0.25, 0.3) is 0 Å². The average Bonchev–Trinajstić information content (AvgIpc) is 2.93. The molecule has 2 amide bonds. The van der Waals surface area contributed by atoms with Crippen LogP contribution >= 0.6 is 23.2 Å². The van der Waals surface area contributed by atoms with Crippen LogP contribution in [0.5, 0.6) is 0 Å².